The molecule has 2 aliphatic heterocycles. The Morgan fingerprint density at radius 1 is 1.11 bits per heavy atom. The van der Waals surface area contributed by atoms with E-state index in [0.717, 1.165) is 31.4 Å². The third-order valence-corrected chi connectivity index (χ3v) is 4.41. The number of likely N-dealkylation sites (tertiary alicyclic amines) is 2. The predicted molar refractivity (Wildman–Crippen MR) is 73.7 cm³/mol. The third-order valence-electron chi connectivity index (χ3n) is 4.41. The van der Waals surface area contributed by atoms with Crippen LogP contribution in [-0.2, 0) is 13.2 Å². The lowest BCUT2D eigenvalue weighted by atomic mass is 10.1. The molecule has 0 aliphatic carbocycles. The van der Waals surface area contributed by atoms with Crippen molar-refractivity contribution in [1.29, 1.82) is 0 Å². The van der Waals surface area contributed by atoms with Gasteiger partial charge in [0.1, 0.15) is 18.1 Å². The summed E-state index contributed by atoms with van der Waals surface area (Å²) in [6.07, 6.45) is 5.43. The van der Waals surface area contributed by atoms with Crippen LogP contribution in [0.25, 0.3) is 0 Å². The van der Waals surface area contributed by atoms with Gasteiger partial charge < -0.3 is 9.52 Å². The second kappa shape index (κ2) is 6.07. The molecule has 3 heterocycles. The van der Waals surface area contributed by atoms with Gasteiger partial charge in [-0.1, -0.05) is 6.42 Å². The quantitative estimate of drug-likeness (QED) is 0.900. The first-order valence-electron chi connectivity index (χ1n) is 7.50. The minimum Gasteiger partial charge on any atom is -0.462 e. The van der Waals surface area contributed by atoms with Crippen molar-refractivity contribution < 1.29 is 9.52 Å². The van der Waals surface area contributed by atoms with E-state index in [9.17, 15) is 0 Å². The molecule has 3 rings (SSSR count). The fourth-order valence-corrected chi connectivity index (χ4v) is 3.35. The van der Waals surface area contributed by atoms with Gasteiger partial charge in [0.15, 0.2) is 0 Å². The molecule has 1 aromatic rings. The van der Waals surface area contributed by atoms with Crippen molar-refractivity contribution in [2.45, 2.75) is 44.9 Å². The van der Waals surface area contributed by atoms with Crippen molar-refractivity contribution in [3.05, 3.63) is 23.7 Å². The minimum atomic E-state index is -0.00357. The molecular formula is C15H24N2O2. The van der Waals surface area contributed by atoms with Crippen LogP contribution in [0.15, 0.2) is 16.5 Å². The second-order valence-electron chi connectivity index (χ2n) is 5.80. The van der Waals surface area contributed by atoms with E-state index in [2.05, 4.69) is 9.80 Å². The molecule has 4 nitrogen and oxygen atoms in total. The monoisotopic (exact) mass is 264 g/mol. The van der Waals surface area contributed by atoms with Crippen molar-refractivity contribution in [3.63, 3.8) is 0 Å². The zero-order valence-corrected chi connectivity index (χ0v) is 11.6. The zero-order chi connectivity index (χ0) is 13.1. The number of hydrogen-bond acceptors (Lipinski definition) is 4. The topological polar surface area (TPSA) is 39.9 Å². The Morgan fingerprint density at radius 3 is 2.63 bits per heavy atom. The molecular weight excluding hydrogens is 240 g/mol. The summed E-state index contributed by atoms with van der Waals surface area (Å²) in [6.45, 7) is 5.77. The van der Waals surface area contributed by atoms with Crippen molar-refractivity contribution in [3.8, 4) is 0 Å². The maximum atomic E-state index is 9.01. The van der Waals surface area contributed by atoms with Gasteiger partial charge in [0.2, 0.25) is 0 Å². The first-order valence-corrected chi connectivity index (χ1v) is 7.50. The fourth-order valence-electron chi connectivity index (χ4n) is 3.35. The van der Waals surface area contributed by atoms with Gasteiger partial charge in [-0.05, 0) is 44.5 Å². The van der Waals surface area contributed by atoms with Gasteiger partial charge in [-0.25, -0.2) is 0 Å². The summed E-state index contributed by atoms with van der Waals surface area (Å²) in [4.78, 5) is 5.14. The molecule has 1 atom stereocenters. The lowest BCUT2D eigenvalue weighted by Crippen LogP contribution is -2.40. The number of rotatable bonds is 4. The van der Waals surface area contributed by atoms with Crippen LogP contribution in [-0.4, -0.2) is 47.1 Å². The molecule has 2 aliphatic rings. The largest absolute Gasteiger partial charge is 0.462 e. The summed E-state index contributed by atoms with van der Waals surface area (Å²) < 4.78 is 5.57. The van der Waals surface area contributed by atoms with Crippen LogP contribution in [0.5, 0.6) is 0 Å². The molecule has 1 aromatic heterocycles. The highest BCUT2D eigenvalue weighted by atomic mass is 16.4. The Bertz CT molecular complexity index is 399. The van der Waals surface area contributed by atoms with Crippen molar-refractivity contribution >= 4 is 0 Å². The zero-order valence-electron chi connectivity index (χ0n) is 11.6. The SMILES string of the molecule is OCc1ccc(CN2CCC(N3CCCCC3)C2)o1. The van der Waals surface area contributed by atoms with Crippen LogP contribution in [0.1, 0.15) is 37.2 Å². The smallest absolute Gasteiger partial charge is 0.129 e. The highest BCUT2D eigenvalue weighted by molar-refractivity contribution is 5.06. The standard InChI is InChI=1S/C15H24N2O2/c18-12-15-5-4-14(19-15)11-16-9-6-13(10-16)17-7-2-1-3-8-17/h4-5,13,18H,1-3,6-12H2. The van der Waals surface area contributed by atoms with Crippen molar-refractivity contribution in [2.75, 3.05) is 26.2 Å². The molecule has 1 unspecified atom stereocenters. The van der Waals surface area contributed by atoms with Crippen LogP contribution in [0.3, 0.4) is 0 Å². The van der Waals surface area contributed by atoms with Gasteiger partial charge in [0.25, 0.3) is 0 Å². The van der Waals surface area contributed by atoms with Gasteiger partial charge in [0.05, 0.1) is 6.54 Å². The molecule has 0 spiro atoms. The average molecular weight is 264 g/mol. The molecule has 106 valence electrons. The van der Waals surface area contributed by atoms with Crippen molar-refractivity contribution in [2.24, 2.45) is 0 Å². The first kappa shape index (κ1) is 13.2. The molecule has 4 heteroatoms. The normalized spacial score (nSPS) is 26.1. The number of aliphatic hydroxyl groups is 1. The van der Waals surface area contributed by atoms with E-state index in [4.69, 9.17) is 9.52 Å². The molecule has 0 saturated carbocycles. The van der Waals surface area contributed by atoms with Crippen LogP contribution in [0.4, 0.5) is 0 Å². The molecule has 19 heavy (non-hydrogen) atoms. The second-order valence-corrected chi connectivity index (χ2v) is 5.80. The Balaban J connectivity index is 1.51. The summed E-state index contributed by atoms with van der Waals surface area (Å²) in [5.74, 6) is 1.64. The fraction of sp³-hybridized carbons (Fsp3) is 0.733. The highest BCUT2D eigenvalue weighted by Gasteiger charge is 2.28. The number of nitrogens with zero attached hydrogens (tertiary/aromatic N) is 2. The molecule has 0 radical (unpaired) electrons. The summed E-state index contributed by atoms with van der Waals surface area (Å²) in [5.41, 5.74) is 0. The molecule has 0 amide bonds. The van der Waals surface area contributed by atoms with E-state index < -0.39 is 0 Å². The molecule has 1 N–H and O–H groups in total. The number of aliphatic hydroxyl groups excluding tert-OH is 1. The van der Waals surface area contributed by atoms with E-state index in [1.807, 2.05) is 12.1 Å². The lowest BCUT2D eigenvalue weighted by molar-refractivity contribution is 0.159. The Hall–Kier alpha value is -0.840. The lowest BCUT2D eigenvalue weighted by Gasteiger charge is -2.32. The maximum absolute atomic E-state index is 9.01. The third kappa shape index (κ3) is 3.19. The number of furan rings is 1. The van der Waals surface area contributed by atoms with Gasteiger partial charge in [-0.3, -0.25) is 9.80 Å². The average Bonchev–Trinajstić information content (AvgIpc) is 3.09. The van der Waals surface area contributed by atoms with E-state index >= 15 is 0 Å². The van der Waals surface area contributed by atoms with E-state index in [1.54, 1.807) is 0 Å². The number of piperidine rings is 1. The van der Waals surface area contributed by atoms with Crippen LogP contribution >= 0.6 is 0 Å². The first-order chi connectivity index (χ1) is 9.35. The van der Waals surface area contributed by atoms with E-state index in [0.29, 0.717) is 5.76 Å². The summed E-state index contributed by atoms with van der Waals surface area (Å²) in [6, 6.07) is 4.60. The van der Waals surface area contributed by atoms with Crippen LogP contribution in [0.2, 0.25) is 0 Å². The summed E-state index contributed by atoms with van der Waals surface area (Å²) >= 11 is 0. The summed E-state index contributed by atoms with van der Waals surface area (Å²) in [7, 11) is 0. The van der Waals surface area contributed by atoms with Crippen LogP contribution < -0.4 is 0 Å². The molecule has 2 saturated heterocycles. The minimum absolute atomic E-state index is 0.00357. The Kier molecular flexibility index (Phi) is 4.21. The van der Waals surface area contributed by atoms with Crippen molar-refractivity contribution in [1.82, 2.24) is 9.80 Å². The highest BCUT2D eigenvalue weighted by Crippen LogP contribution is 2.22. The van der Waals surface area contributed by atoms with Gasteiger partial charge in [-0.2, -0.15) is 0 Å². The van der Waals surface area contributed by atoms with E-state index in [1.165, 1.54) is 38.8 Å². The van der Waals surface area contributed by atoms with Crippen LogP contribution in [0, 0.1) is 0 Å². The number of hydrogen-bond donors (Lipinski definition) is 1. The summed E-state index contributed by atoms with van der Waals surface area (Å²) in [5, 5.41) is 9.01. The van der Waals surface area contributed by atoms with Gasteiger partial charge in [0, 0.05) is 19.1 Å². The van der Waals surface area contributed by atoms with Gasteiger partial charge >= 0.3 is 0 Å². The predicted octanol–water partition coefficient (Wildman–Crippen LogP) is 1.83. The van der Waals surface area contributed by atoms with E-state index in [-0.39, 0.29) is 6.61 Å². The Labute approximate surface area is 115 Å². The Morgan fingerprint density at radius 2 is 1.89 bits per heavy atom. The molecule has 0 aromatic carbocycles. The maximum Gasteiger partial charge on any atom is 0.129 e. The molecule has 2 fully saturated rings. The van der Waals surface area contributed by atoms with Gasteiger partial charge in [-0.15, -0.1) is 0 Å². The molecule has 0 bridgehead atoms.